The molecule has 56 heavy (non-hydrogen) atoms. The van der Waals surface area contributed by atoms with Crippen LogP contribution in [0, 0.1) is 102 Å². The van der Waals surface area contributed by atoms with E-state index in [4.69, 9.17) is 0 Å². The molecule has 0 radical (unpaired) electrons. The van der Waals surface area contributed by atoms with E-state index in [1.165, 1.54) is 36.4 Å². The van der Waals surface area contributed by atoms with Crippen molar-refractivity contribution >= 4 is 33.4 Å². The minimum absolute atomic E-state index is 0.155. The molecule has 0 saturated heterocycles. The van der Waals surface area contributed by atoms with E-state index in [0.717, 1.165) is 6.07 Å². The molecule has 18 heteroatoms. The molecule has 0 spiro atoms. The Morgan fingerprint density at radius 3 is 1.16 bits per heavy atom. The molecule has 0 amide bonds. The summed E-state index contributed by atoms with van der Waals surface area (Å²) in [5, 5.41) is 91.6. The molecule has 266 valence electrons. The summed E-state index contributed by atoms with van der Waals surface area (Å²) in [4.78, 5) is 0. The molecule has 2 aliphatic rings. The largest absolute Gasteiger partial charge is 0.417 e. The van der Waals surface area contributed by atoms with Gasteiger partial charge >= 0.3 is 18.5 Å². The SMILES string of the molecule is N#CC(C#N)=C1C(c2cc(C(F)(F)F)cc(C(F)(F)F)c2)=C(C#N)c2c(C#N)c3c(c(C#N)c21)C(C#N)=C(c1ccc(C#N)c(C(F)(F)F)c1)C3=C(C#N)C#N. The molecule has 0 aromatic heterocycles. The zero-order valence-corrected chi connectivity index (χ0v) is 26.9. The molecular weight excluding hydrogens is 753 g/mol. The van der Waals surface area contributed by atoms with Crippen molar-refractivity contribution in [2.75, 3.05) is 0 Å². The van der Waals surface area contributed by atoms with Crippen LogP contribution in [-0.4, -0.2) is 0 Å². The lowest BCUT2D eigenvalue weighted by atomic mass is 9.82. The van der Waals surface area contributed by atoms with Gasteiger partial charge in [0.25, 0.3) is 0 Å². The van der Waals surface area contributed by atoms with Gasteiger partial charge in [0.15, 0.2) is 0 Å². The Bertz CT molecular complexity index is 2840. The first-order valence-electron chi connectivity index (χ1n) is 14.7. The number of halogens is 9. The fourth-order valence-electron chi connectivity index (χ4n) is 6.43. The summed E-state index contributed by atoms with van der Waals surface area (Å²) in [6.07, 6.45) is -16.1. The Morgan fingerprint density at radius 1 is 0.429 bits per heavy atom. The zero-order valence-electron chi connectivity index (χ0n) is 26.9. The molecule has 2 aliphatic carbocycles. The second kappa shape index (κ2) is 13.4. The van der Waals surface area contributed by atoms with Crippen LogP contribution in [-0.2, 0) is 18.5 Å². The summed E-state index contributed by atoms with van der Waals surface area (Å²) in [7, 11) is 0. The number of nitrogens with zero attached hydrogens (tertiary/aromatic N) is 9. The summed E-state index contributed by atoms with van der Waals surface area (Å²) >= 11 is 0. The van der Waals surface area contributed by atoms with Crippen molar-refractivity contribution in [2.24, 2.45) is 0 Å². The quantitative estimate of drug-likeness (QED) is 0.180. The second-order valence-corrected chi connectivity index (χ2v) is 11.3. The van der Waals surface area contributed by atoms with Gasteiger partial charge < -0.3 is 0 Å². The number of rotatable bonds is 2. The van der Waals surface area contributed by atoms with Crippen molar-refractivity contribution in [1.29, 1.82) is 47.4 Å². The highest BCUT2D eigenvalue weighted by atomic mass is 19.4. The summed E-state index contributed by atoms with van der Waals surface area (Å²) in [5.41, 5.74) is -19.7. The minimum Gasteiger partial charge on any atom is -0.192 e. The van der Waals surface area contributed by atoms with Gasteiger partial charge in [-0.3, -0.25) is 0 Å². The Hall–Kier alpha value is -8.60. The Kier molecular flexibility index (Phi) is 9.26. The molecule has 3 aromatic rings. The van der Waals surface area contributed by atoms with Gasteiger partial charge in [-0.15, -0.1) is 0 Å². The summed E-state index contributed by atoms with van der Waals surface area (Å²) in [6.45, 7) is 0. The molecule has 0 fully saturated rings. The molecular formula is C38H6F9N9. The molecule has 0 N–H and O–H groups in total. The number of nitriles is 9. The summed E-state index contributed by atoms with van der Waals surface area (Å²) in [5.74, 6) is 0. The average molecular weight is 760 g/mol. The number of alkyl halides is 9. The van der Waals surface area contributed by atoms with Crippen LogP contribution in [0.1, 0.15) is 66.8 Å². The third kappa shape index (κ3) is 5.78. The monoisotopic (exact) mass is 759 g/mol. The minimum atomic E-state index is -5.45. The highest BCUT2D eigenvalue weighted by Crippen LogP contribution is 2.58. The van der Waals surface area contributed by atoms with Gasteiger partial charge in [0.05, 0.1) is 50.6 Å². The van der Waals surface area contributed by atoms with E-state index in [1.54, 1.807) is 18.2 Å². The maximum atomic E-state index is 14.1. The maximum Gasteiger partial charge on any atom is 0.417 e. The lowest BCUT2D eigenvalue weighted by Crippen LogP contribution is -2.12. The lowest BCUT2D eigenvalue weighted by molar-refractivity contribution is -0.143. The summed E-state index contributed by atoms with van der Waals surface area (Å²) < 4.78 is 126. The van der Waals surface area contributed by atoms with Gasteiger partial charge in [0, 0.05) is 44.5 Å². The highest BCUT2D eigenvalue weighted by molar-refractivity contribution is 6.32. The van der Waals surface area contributed by atoms with Crippen LogP contribution in [0.2, 0.25) is 0 Å². The third-order valence-corrected chi connectivity index (χ3v) is 8.50. The topological polar surface area (TPSA) is 214 Å². The van der Waals surface area contributed by atoms with Gasteiger partial charge in [-0.2, -0.15) is 86.9 Å². The lowest BCUT2D eigenvalue weighted by Gasteiger charge is -2.17. The van der Waals surface area contributed by atoms with Gasteiger partial charge in [-0.05, 0) is 41.5 Å². The standard InChI is InChI=1S/C38H6F9N9/c39-36(40,41)21-3-18(4-22(6-21)37(42,43)44)29-24(13-54)33-26(15-56)34-30(19(8-49)9-50)28(16-1-2-17(7-48)27(5-16)38(45,46)47)23(12-53)32(34)25(14-55)35(33)31(29)20(10-51)11-52/h1-6H. The van der Waals surface area contributed by atoms with E-state index in [-0.39, 0.29) is 18.2 Å². The normalized spacial score (nSPS) is 13.1. The van der Waals surface area contributed by atoms with E-state index in [1.807, 2.05) is 0 Å². The molecule has 0 saturated carbocycles. The Labute approximate surface area is 307 Å². The van der Waals surface area contributed by atoms with Crippen LogP contribution in [0.3, 0.4) is 0 Å². The molecule has 0 unspecified atom stereocenters. The van der Waals surface area contributed by atoms with E-state index in [0.29, 0.717) is 12.1 Å². The predicted molar refractivity (Wildman–Crippen MR) is 170 cm³/mol. The number of fused-ring (bicyclic) bond motifs is 2. The van der Waals surface area contributed by atoms with Crippen molar-refractivity contribution in [3.05, 3.63) is 114 Å². The van der Waals surface area contributed by atoms with Gasteiger partial charge in [-0.1, -0.05) is 6.07 Å². The molecule has 0 aliphatic heterocycles. The first-order valence-corrected chi connectivity index (χ1v) is 14.7. The molecule has 9 nitrogen and oxygen atoms in total. The van der Waals surface area contributed by atoms with Crippen LogP contribution in [0.25, 0.3) is 33.4 Å². The fourth-order valence-corrected chi connectivity index (χ4v) is 6.43. The average Bonchev–Trinajstić information content (AvgIpc) is 3.67. The number of allylic oxidation sites excluding steroid dienone is 8. The summed E-state index contributed by atoms with van der Waals surface area (Å²) in [6, 6.07) is 15.5. The third-order valence-electron chi connectivity index (χ3n) is 8.50. The highest BCUT2D eigenvalue weighted by Gasteiger charge is 2.45. The first kappa shape index (κ1) is 38.6. The molecule has 0 atom stereocenters. The number of hydrogen-bond donors (Lipinski definition) is 0. The molecule has 5 rings (SSSR count). The molecule has 3 aromatic carbocycles. The van der Waals surface area contributed by atoms with Gasteiger partial charge in [0.2, 0.25) is 0 Å². The number of hydrogen-bond acceptors (Lipinski definition) is 9. The molecule has 0 heterocycles. The van der Waals surface area contributed by atoms with Crippen LogP contribution >= 0.6 is 0 Å². The van der Waals surface area contributed by atoms with Crippen LogP contribution < -0.4 is 0 Å². The van der Waals surface area contributed by atoms with Crippen molar-refractivity contribution in [3.63, 3.8) is 0 Å². The van der Waals surface area contributed by atoms with Crippen LogP contribution in [0.4, 0.5) is 39.5 Å². The van der Waals surface area contributed by atoms with Crippen molar-refractivity contribution < 1.29 is 39.5 Å². The van der Waals surface area contributed by atoms with E-state index < -0.39 is 130 Å². The Balaban J connectivity index is 2.11. The van der Waals surface area contributed by atoms with Crippen LogP contribution in [0.5, 0.6) is 0 Å². The Morgan fingerprint density at radius 2 is 0.839 bits per heavy atom. The second-order valence-electron chi connectivity index (χ2n) is 11.3. The zero-order chi connectivity index (χ0) is 41.7. The van der Waals surface area contributed by atoms with Crippen molar-refractivity contribution in [3.8, 4) is 54.6 Å². The van der Waals surface area contributed by atoms with Crippen molar-refractivity contribution in [2.45, 2.75) is 18.5 Å². The molecule has 0 bridgehead atoms. The maximum absolute atomic E-state index is 14.1. The van der Waals surface area contributed by atoms with E-state index in [9.17, 15) is 86.9 Å². The number of benzene rings is 3. The van der Waals surface area contributed by atoms with Crippen molar-refractivity contribution in [1.82, 2.24) is 0 Å². The van der Waals surface area contributed by atoms with E-state index >= 15 is 0 Å². The van der Waals surface area contributed by atoms with Gasteiger partial charge in [-0.25, -0.2) is 0 Å². The fraction of sp³-hybridized carbons (Fsp3) is 0.0789. The van der Waals surface area contributed by atoms with E-state index in [2.05, 4.69) is 0 Å². The van der Waals surface area contributed by atoms with Crippen LogP contribution in [0.15, 0.2) is 47.5 Å². The smallest absolute Gasteiger partial charge is 0.192 e. The van der Waals surface area contributed by atoms with Gasteiger partial charge in [0.1, 0.15) is 59.7 Å². The first-order chi connectivity index (χ1) is 26.3. The predicted octanol–water partition coefficient (Wildman–Crippen LogP) is 8.86.